The zero-order valence-electron chi connectivity index (χ0n) is 14.5. The highest BCUT2D eigenvalue weighted by atomic mass is 16.5. The molecule has 3 aliphatic rings. The van der Waals surface area contributed by atoms with E-state index in [0.29, 0.717) is 6.42 Å². The van der Waals surface area contributed by atoms with Gasteiger partial charge in [-0.15, -0.1) is 0 Å². The molecule has 0 heterocycles. The number of esters is 1. The molecule has 0 bridgehead atoms. The first-order valence-electron chi connectivity index (χ1n) is 8.74. The Balaban J connectivity index is 2.05. The van der Waals surface area contributed by atoms with Crippen LogP contribution in [0, 0.1) is 34.5 Å². The van der Waals surface area contributed by atoms with Crippen LogP contribution in [0.5, 0.6) is 0 Å². The van der Waals surface area contributed by atoms with E-state index in [-0.39, 0.29) is 40.8 Å². The van der Waals surface area contributed by atoms with Crippen LogP contribution in [0.1, 0.15) is 46.5 Å². The molecule has 0 amide bonds. The zero-order chi connectivity index (χ0) is 17.0. The number of ketones is 1. The number of carbonyl (C=O) groups is 2. The average molecular weight is 320 g/mol. The third-order valence-corrected chi connectivity index (χ3v) is 7.22. The van der Waals surface area contributed by atoms with Gasteiger partial charge in [-0.25, -0.2) is 0 Å². The Bertz CT molecular complexity index is 554. The van der Waals surface area contributed by atoms with Gasteiger partial charge in [0.2, 0.25) is 0 Å². The number of fused-ring (bicyclic) bond motifs is 3. The van der Waals surface area contributed by atoms with Crippen molar-refractivity contribution < 1.29 is 19.4 Å². The molecule has 0 aromatic heterocycles. The van der Waals surface area contributed by atoms with E-state index in [9.17, 15) is 14.7 Å². The average Bonchev–Trinajstić information content (AvgIpc) is 2.51. The van der Waals surface area contributed by atoms with Crippen molar-refractivity contribution in [3.63, 3.8) is 0 Å². The largest absolute Gasteiger partial charge is 0.469 e. The summed E-state index contributed by atoms with van der Waals surface area (Å²) in [5, 5.41) is 10.8. The summed E-state index contributed by atoms with van der Waals surface area (Å²) in [6.07, 6.45) is 6.56. The molecule has 128 valence electrons. The molecule has 0 spiro atoms. The fourth-order valence-corrected chi connectivity index (χ4v) is 5.93. The number of aliphatic hydroxyl groups excluding tert-OH is 1. The normalized spacial score (nSPS) is 49.3. The van der Waals surface area contributed by atoms with Crippen LogP contribution >= 0.6 is 0 Å². The van der Waals surface area contributed by atoms with Crippen LogP contribution < -0.4 is 0 Å². The fraction of sp³-hybridized carbons (Fsp3) is 0.789. The number of aliphatic hydroxyl groups is 1. The van der Waals surface area contributed by atoms with Gasteiger partial charge in [0.15, 0.2) is 5.78 Å². The van der Waals surface area contributed by atoms with E-state index in [1.807, 2.05) is 19.9 Å². The summed E-state index contributed by atoms with van der Waals surface area (Å²) in [5.41, 5.74) is -0.622. The molecule has 2 saturated carbocycles. The Kier molecular flexibility index (Phi) is 3.95. The maximum Gasteiger partial charge on any atom is 0.311 e. The highest BCUT2D eigenvalue weighted by molar-refractivity contribution is 5.92. The smallest absolute Gasteiger partial charge is 0.311 e. The van der Waals surface area contributed by atoms with Gasteiger partial charge >= 0.3 is 5.97 Å². The van der Waals surface area contributed by atoms with Crippen molar-refractivity contribution >= 4 is 11.8 Å². The first-order chi connectivity index (χ1) is 10.8. The zero-order valence-corrected chi connectivity index (χ0v) is 14.5. The van der Waals surface area contributed by atoms with E-state index in [0.717, 1.165) is 19.3 Å². The molecule has 2 fully saturated rings. The Morgan fingerprint density at radius 1 is 1.35 bits per heavy atom. The molecule has 4 heteroatoms. The SMILES string of the molecule is COC(=O)[C@]1(C)CCC[C@@]2(C)[C@H]1C[C@@H](O)[C@@H]1[C@@H](C)C(=O)C=C[C@@H]12. The Labute approximate surface area is 138 Å². The molecule has 0 radical (unpaired) electrons. The van der Waals surface area contributed by atoms with Gasteiger partial charge in [-0.2, -0.15) is 0 Å². The van der Waals surface area contributed by atoms with Gasteiger partial charge < -0.3 is 9.84 Å². The van der Waals surface area contributed by atoms with Gasteiger partial charge in [0, 0.05) is 11.8 Å². The minimum absolute atomic E-state index is 0.0336. The summed E-state index contributed by atoms with van der Waals surface area (Å²) in [6.45, 7) is 6.17. The van der Waals surface area contributed by atoms with Crippen molar-refractivity contribution in [3.05, 3.63) is 12.2 Å². The monoisotopic (exact) mass is 320 g/mol. The van der Waals surface area contributed by atoms with Crippen LogP contribution in [0.3, 0.4) is 0 Å². The molecular formula is C19H28O4. The number of rotatable bonds is 1. The molecule has 0 aromatic carbocycles. The Morgan fingerprint density at radius 2 is 2.04 bits per heavy atom. The highest BCUT2D eigenvalue weighted by Gasteiger charge is 2.62. The lowest BCUT2D eigenvalue weighted by Gasteiger charge is -2.60. The summed E-state index contributed by atoms with van der Waals surface area (Å²) < 4.78 is 5.10. The van der Waals surface area contributed by atoms with E-state index < -0.39 is 11.5 Å². The van der Waals surface area contributed by atoms with E-state index in [4.69, 9.17) is 4.74 Å². The van der Waals surface area contributed by atoms with Crippen LogP contribution in [0.25, 0.3) is 0 Å². The van der Waals surface area contributed by atoms with Gasteiger partial charge in [0.1, 0.15) is 0 Å². The second kappa shape index (κ2) is 5.44. The summed E-state index contributed by atoms with van der Waals surface area (Å²) >= 11 is 0. The quantitative estimate of drug-likeness (QED) is 0.755. The number of carbonyl (C=O) groups excluding carboxylic acids is 2. The molecule has 4 nitrogen and oxygen atoms in total. The Morgan fingerprint density at radius 3 is 2.70 bits per heavy atom. The first kappa shape index (κ1) is 16.7. The number of allylic oxidation sites excluding steroid dienone is 2. The van der Waals surface area contributed by atoms with Gasteiger partial charge in [0.25, 0.3) is 0 Å². The lowest BCUT2D eigenvalue weighted by molar-refractivity contribution is -0.183. The van der Waals surface area contributed by atoms with E-state index in [2.05, 4.69) is 6.92 Å². The van der Waals surface area contributed by atoms with Crippen LogP contribution in [0.15, 0.2) is 12.2 Å². The van der Waals surface area contributed by atoms with Crippen molar-refractivity contribution in [2.45, 2.75) is 52.6 Å². The third-order valence-electron chi connectivity index (χ3n) is 7.22. The molecule has 3 aliphatic carbocycles. The van der Waals surface area contributed by atoms with Crippen LogP contribution in [-0.4, -0.2) is 30.1 Å². The molecule has 7 atom stereocenters. The van der Waals surface area contributed by atoms with Crippen molar-refractivity contribution in [2.75, 3.05) is 7.11 Å². The number of hydrogen-bond donors (Lipinski definition) is 1. The van der Waals surface area contributed by atoms with Gasteiger partial charge in [-0.3, -0.25) is 9.59 Å². The van der Waals surface area contributed by atoms with Crippen molar-refractivity contribution in [3.8, 4) is 0 Å². The molecule has 0 unspecified atom stereocenters. The van der Waals surface area contributed by atoms with Gasteiger partial charge in [-0.05, 0) is 49.5 Å². The summed E-state index contributed by atoms with van der Waals surface area (Å²) in [6, 6.07) is 0. The van der Waals surface area contributed by atoms with Gasteiger partial charge in [-0.1, -0.05) is 26.3 Å². The van der Waals surface area contributed by atoms with Crippen molar-refractivity contribution in [1.29, 1.82) is 0 Å². The number of hydrogen-bond acceptors (Lipinski definition) is 4. The molecular weight excluding hydrogens is 292 g/mol. The Hall–Kier alpha value is -1.16. The number of ether oxygens (including phenoxy) is 1. The van der Waals surface area contributed by atoms with Crippen molar-refractivity contribution in [1.82, 2.24) is 0 Å². The topological polar surface area (TPSA) is 63.6 Å². The van der Waals surface area contributed by atoms with E-state index >= 15 is 0 Å². The second-order valence-corrected chi connectivity index (χ2v) is 8.28. The lowest BCUT2D eigenvalue weighted by atomic mass is 9.43. The third kappa shape index (κ3) is 2.21. The second-order valence-electron chi connectivity index (χ2n) is 8.28. The number of methoxy groups -OCH3 is 1. The molecule has 1 N–H and O–H groups in total. The summed E-state index contributed by atoms with van der Waals surface area (Å²) in [4.78, 5) is 24.6. The molecule has 0 aromatic rings. The minimum atomic E-state index is -0.549. The van der Waals surface area contributed by atoms with Crippen LogP contribution in [0.4, 0.5) is 0 Å². The maximum atomic E-state index is 12.5. The van der Waals surface area contributed by atoms with Crippen molar-refractivity contribution in [2.24, 2.45) is 34.5 Å². The summed E-state index contributed by atoms with van der Waals surface area (Å²) in [5.74, 6) is -0.00885. The lowest BCUT2D eigenvalue weighted by Crippen LogP contribution is -2.60. The standard InChI is InChI=1S/C19H28O4/c1-11-13(20)7-6-12-16(11)14(21)10-15-18(12,2)8-5-9-19(15,3)17(22)23-4/h6-7,11-12,14-16,21H,5,8-10H2,1-4H3/t11-,12-,14+,15+,16+,18+,19+/m0/s1. The molecule has 0 aliphatic heterocycles. The van der Waals surface area contributed by atoms with Crippen LogP contribution in [0.2, 0.25) is 0 Å². The minimum Gasteiger partial charge on any atom is -0.469 e. The van der Waals surface area contributed by atoms with Crippen LogP contribution in [-0.2, 0) is 14.3 Å². The van der Waals surface area contributed by atoms with Gasteiger partial charge in [0.05, 0.1) is 18.6 Å². The molecule has 0 saturated heterocycles. The van der Waals surface area contributed by atoms with E-state index in [1.165, 1.54) is 7.11 Å². The highest BCUT2D eigenvalue weighted by Crippen LogP contribution is 2.63. The van der Waals surface area contributed by atoms with E-state index in [1.54, 1.807) is 6.08 Å². The predicted molar refractivity (Wildman–Crippen MR) is 86.5 cm³/mol. The summed E-state index contributed by atoms with van der Waals surface area (Å²) in [7, 11) is 1.45. The molecule has 23 heavy (non-hydrogen) atoms. The maximum absolute atomic E-state index is 12.5. The molecule has 3 rings (SSSR count). The fourth-order valence-electron chi connectivity index (χ4n) is 5.93. The first-order valence-corrected chi connectivity index (χ1v) is 8.74. The predicted octanol–water partition coefficient (Wildman–Crippen LogP) is 2.74.